The second-order valence-electron chi connectivity index (χ2n) is 4.68. The third kappa shape index (κ3) is 4.77. The monoisotopic (exact) mass is 224 g/mol. The zero-order valence-corrected chi connectivity index (χ0v) is 9.93. The van der Waals surface area contributed by atoms with E-state index in [1.807, 2.05) is 26.8 Å². The summed E-state index contributed by atoms with van der Waals surface area (Å²) in [6.07, 6.45) is 3.99. The minimum atomic E-state index is -0.440. The van der Waals surface area contributed by atoms with Gasteiger partial charge in [0.05, 0.1) is 0 Å². The van der Waals surface area contributed by atoms with Crippen LogP contribution in [0.3, 0.4) is 0 Å². The number of nitrogens with zero attached hydrogens (tertiary/aromatic N) is 1. The van der Waals surface area contributed by atoms with Crippen LogP contribution in [0.5, 0.6) is 0 Å². The number of hydrogen-bond acceptors (Lipinski definition) is 3. The molecule has 1 heterocycles. The third-order valence-electron chi connectivity index (χ3n) is 1.89. The van der Waals surface area contributed by atoms with Gasteiger partial charge in [0.2, 0.25) is 12.4 Å². The second-order valence-corrected chi connectivity index (χ2v) is 4.68. The molecule has 0 aliphatic carbocycles. The molecule has 1 rings (SSSR count). The summed E-state index contributed by atoms with van der Waals surface area (Å²) < 4.78 is 6.16. The molecular formula is C12H18NO3+. The van der Waals surface area contributed by atoms with E-state index >= 15 is 0 Å². The lowest BCUT2D eigenvalue weighted by Crippen LogP contribution is -2.29. The molecule has 4 nitrogen and oxygen atoms in total. The molecule has 0 saturated heterocycles. The molecule has 0 unspecified atom stereocenters. The van der Waals surface area contributed by atoms with Crippen LogP contribution in [0.2, 0.25) is 0 Å². The fourth-order valence-electron chi connectivity index (χ4n) is 1.30. The van der Waals surface area contributed by atoms with Gasteiger partial charge >= 0.3 is 5.97 Å². The second kappa shape index (κ2) is 4.96. The zero-order valence-electron chi connectivity index (χ0n) is 9.93. The summed E-state index contributed by atoms with van der Waals surface area (Å²) >= 11 is 0. The van der Waals surface area contributed by atoms with Crippen LogP contribution in [0.1, 0.15) is 32.8 Å². The van der Waals surface area contributed by atoms with Crippen molar-refractivity contribution in [2.45, 2.75) is 39.2 Å². The van der Waals surface area contributed by atoms with Gasteiger partial charge in [0, 0.05) is 22.8 Å². The molecule has 0 spiro atoms. The molecule has 0 fully saturated rings. The van der Waals surface area contributed by atoms with E-state index < -0.39 is 5.60 Å². The molecule has 0 atom stereocenters. The van der Waals surface area contributed by atoms with Crippen LogP contribution in [0, 0.1) is 0 Å². The predicted molar refractivity (Wildman–Crippen MR) is 58.0 cm³/mol. The normalized spacial score (nSPS) is 11.2. The van der Waals surface area contributed by atoms with Crippen molar-refractivity contribution in [1.29, 1.82) is 0 Å². The summed E-state index contributed by atoms with van der Waals surface area (Å²) in [4.78, 5) is 11.4. The van der Waals surface area contributed by atoms with Crippen LogP contribution in [-0.2, 0) is 16.0 Å². The van der Waals surface area contributed by atoms with Crippen LogP contribution in [0.25, 0.3) is 0 Å². The Balaban J connectivity index is 2.43. The lowest BCUT2D eigenvalue weighted by molar-refractivity contribution is -0.905. The number of hydrogen-bond donors (Lipinski definition) is 1. The van der Waals surface area contributed by atoms with Crippen molar-refractivity contribution in [2.75, 3.05) is 0 Å². The van der Waals surface area contributed by atoms with Gasteiger partial charge in [0.15, 0.2) is 0 Å². The van der Waals surface area contributed by atoms with Crippen LogP contribution in [0.4, 0.5) is 0 Å². The van der Waals surface area contributed by atoms with Crippen molar-refractivity contribution in [3.8, 4) is 0 Å². The van der Waals surface area contributed by atoms with Gasteiger partial charge in [-0.15, -0.1) is 0 Å². The molecule has 1 N–H and O–H groups in total. The van der Waals surface area contributed by atoms with Gasteiger partial charge in [0.1, 0.15) is 5.60 Å². The van der Waals surface area contributed by atoms with E-state index in [1.54, 1.807) is 12.3 Å². The smallest absolute Gasteiger partial charge is 0.306 e. The Labute approximate surface area is 95.4 Å². The lowest BCUT2D eigenvalue weighted by Gasteiger charge is -2.19. The molecule has 0 radical (unpaired) electrons. The first-order valence-corrected chi connectivity index (χ1v) is 5.28. The van der Waals surface area contributed by atoms with Crippen molar-refractivity contribution in [3.63, 3.8) is 0 Å². The predicted octanol–water partition coefficient (Wildman–Crippen LogP) is 1.49. The number of esters is 1. The highest BCUT2D eigenvalue weighted by atomic mass is 16.6. The molecule has 1 aromatic heterocycles. The molecule has 0 aliphatic rings. The fraction of sp³-hybridized carbons (Fsp3) is 0.500. The number of rotatable bonds is 3. The van der Waals surface area contributed by atoms with Crippen LogP contribution >= 0.6 is 0 Å². The molecule has 1 aromatic rings. The Morgan fingerprint density at radius 3 is 2.75 bits per heavy atom. The number of ether oxygens (including phenoxy) is 1. The molecular weight excluding hydrogens is 206 g/mol. The number of carbonyl (C=O) groups excluding carboxylic acids is 1. The highest BCUT2D eigenvalue weighted by Gasteiger charge is 2.16. The molecule has 0 aliphatic heterocycles. The number of carbonyl (C=O) groups is 1. The molecule has 88 valence electrons. The molecule has 0 aromatic carbocycles. The summed E-state index contributed by atoms with van der Waals surface area (Å²) in [5, 5.41) is 9.17. The van der Waals surface area contributed by atoms with Crippen molar-refractivity contribution in [3.05, 3.63) is 30.1 Å². The highest BCUT2D eigenvalue weighted by Crippen LogP contribution is 2.09. The summed E-state index contributed by atoms with van der Waals surface area (Å²) in [6, 6.07) is 3.58. The van der Waals surface area contributed by atoms with Gasteiger partial charge < -0.3 is 4.74 Å². The van der Waals surface area contributed by atoms with E-state index in [1.165, 1.54) is 6.20 Å². The topological polar surface area (TPSA) is 50.4 Å². The van der Waals surface area contributed by atoms with Crippen LogP contribution in [-0.4, -0.2) is 16.8 Å². The van der Waals surface area contributed by atoms with E-state index in [-0.39, 0.29) is 5.97 Å². The summed E-state index contributed by atoms with van der Waals surface area (Å²) in [6.45, 7) is 5.53. The molecule has 16 heavy (non-hydrogen) atoms. The Morgan fingerprint density at radius 2 is 2.19 bits per heavy atom. The Morgan fingerprint density at radius 1 is 1.50 bits per heavy atom. The van der Waals surface area contributed by atoms with Crippen molar-refractivity contribution in [2.24, 2.45) is 0 Å². The van der Waals surface area contributed by atoms with Gasteiger partial charge in [0.25, 0.3) is 0 Å². The first kappa shape index (κ1) is 12.5. The van der Waals surface area contributed by atoms with Crippen molar-refractivity contribution < 1.29 is 19.5 Å². The maximum Gasteiger partial charge on any atom is 0.306 e. The Bertz CT molecular complexity index is 369. The highest BCUT2D eigenvalue weighted by molar-refractivity contribution is 5.70. The molecule has 4 heteroatoms. The quantitative estimate of drug-likeness (QED) is 0.480. The van der Waals surface area contributed by atoms with Crippen LogP contribution < -0.4 is 4.73 Å². The van der Waals surface area contributed by atoms with Crippen molar-refractivity contribution >= 4 is 5.97 Å². The van der Waals surface area contributed by atoms with Gasteiger partial charge in [-0.05, 0) is 33.3 Å². The third-order valence-corrected chi connectivity index (χ3v) is 1.89. The van der Waals surface area contributed by atoms with E-state index in [9.17, 15) is 4.79 Å². The number of aryl methyl sites for hydroxylation is 1. The number of aromatic nitrogens is 1. The fourth-order valence-corrected chi connectivity index (χ4v) is 1.30. The summed E-state index contributed by atoms with van der Waals surface area (Å²) in [5.74, 6) is -0.221. The first-order valence-electron chi connectivity index (χ1n) is 5.28. The average Bonchev–Trinajstić information content (AvgIpc) is 2.12. The SMILES string of the molecule is CC(C)(C)OC(=O)CCc1ccc[n+](O)c1. The Kier molecular flexibility index (Phi) is 3.88. The lowest BCUT2D eigenvalue weighted by atomic mass is 10.1. The molecule has 0 bridgehead atoms. The van der Waals surface area contributed by atoms with Crippen molar-refractivity contribution in [1.82, 2.24) is 0 Å². The maximum atomic E-state index is 11.4. The largest absolute Gasteiger partial charge is 0.460 e. The van der Waals surface area contributed by atoms with Gasteiger partial charge in [-0.1, -0.05) is 0 Å². The molecule has 0 saturated carbocycles. The Hall–Kier alpha value is -1.58. The minimum absolute atomic E-state index is 0.221. The van der Waals surface area contributed by atoms with Gasteiger partial charge in [-0.3, -0.25) is 10.0 Å². The van der Waals surface area contributed by atoms with E-state index in [2.05, 4.69) is 0 Å². The zero-order chi connectivity index (χ0) is 12.2. The van der Waals surface area contributed by atoms with E-state index in [0.717, 1.165) is 10.3 Å². The van der Waals surface area contributed by atoms with Gasteiger partial charge in [-0.2, -0.15) is 0 Å². The standard InChI is InChI=1S/C12H18NO3/c1-12(2,3)16-11(14)7-6-10-5-4-8-13(15)9-10/h4-5,8-9,15H,6-7H2,1-3H3/q+1. The summed E-state index contributed by atoms with van der Waals surface area (Å²) in [7, 11) is 0. The average molecular weight is 224 g/mol. The minimum Gasteiger partial charge on any atom is -0.460 e. The van der Waals surface area contributed by atoms with E-state index in [4.69, 9.17) is 9.94 Å². The van der Waals surface area contributed by atoms with Crippen LogP contribution in [0.15, 0.2) is 24.5 Å². The first-order chi connectivity index (χ1) is 7.37. The van der Waals surface area contributed by atoms with Gasteiger partial charge in [-0.25, -0.2) is 0 Å². The van der Waals surface area contributed by atoms with E-state index in [0.29, 0.717) is 12.8 Å². The molecule has 0 amide bonds. The summed E-state index contributed by atoms with van der Waals surface area (Å²) in [5.41, 5.74) is 0.459. The maximum absolute atomic E-state index is 11.4. The number of pyridine rings is 1.